The van der Waals surface area contributed by atoms with E-state index in [0.717, 1.165) is 0 Å². The fourth-order valence-corrected chi connectivity index (χ4v) is 1.38. The van der Waals surface area contributed by atoms with Gasteiger partial charge in [-0.3, -0.25) is 0 Å². The largest absolute Gasteiger partial charge is 0.456 e. The first-order valence-electron chi connectivity index (χ1n) is 5.43. The summed E-state index contributed by atoms with van der Waals surface area (Å²) in [5.74, 6) is -0.485. The van der Waals surface area contributed by atoms with Gasteiger partial charge in [0.15, 0.2) is 0 Å². The van der Waals surface area contributed by atoms with Crippen molar-refractivity contribution < 1.29 is 9.53 Å². The first-order valence-corrected chi connectivity index (χ1v) is 5.43. The monoisotopic (exact) mass is 248 g/mol. The van der Waals surface area contributed by atoms with Crippen molar-refractivity contribution in [3.63, 3.8) is 0 Å². The van der Waals surface area contributed by atoms with Crippen molar-refractivity contribution in [2.45, 2.75) is 33.3 Å². The van der Waals surface area contributed by atoms with Crippen molar-refractivity contribution in [2.24, 2.45) is 5.11 Å². The maximum atomic E-state index is 12.0. The predicted octanol–water partition coefficient (Wildman–Crippen LogP) is 3.47. The van der Waals surface area contributed by atoms with E-state index in [1.165, 1.54) is 12.1 Å². The van der Waals surface area contributed by atoms with E-state index in [2.05, 4.69) is 10.0 Å². The van der Waals surface area contributed by atoms with Crippen molar-refractivity contribution in [3.05, 3.63) is 33.7 Å². The maximum absolute atomic E-state index is 12.0. The molecule has 0 radical (unpaired) electrons. The molecule has 0 aliphatic carbocycles. The third kappa shape index (κ3) is 3.40. The van der Waals surface area contributed by atoms with Crippen molar-refractivity contribution in [2.75, 3.05) is 5.73 Å². The molecule has 0 unspecified atom stereocenters. The quantitative estimate of drug-likeness (QED) is 0.285. The Kier molecular flexibility index (Phi) is 3.83. The molecule has 1 aromatic carbocycles. The summed E-state index contributed by atoms with van der Waals surface area (Å²) in [5, 5.41) is 3.44. The second-order valence-corrected chi connectivity index (χ2v) is 4.90. The molecular formula is C12H16N4O2. The maximum Gasteiger partial charge on any atom is 0.339 e. The number of nitrogens with zero attached hydrogens (tertiary/aromatic N) is 3. The second-order valence-electron chi connectivity index (χ2n) is 4.90. The minimum absolute atomic E-state index is 0.293. The lowest BCUT2D eigenvalue weighted by atomic mass is 10.1. The number of nitrogens with two attached hydrogens (primary N) is 1. The van der Waals surface area contributed by atoms with Gasteiger partial charge in [-0.2, -0.15) is 0 Å². The number of ether oxygens (including phenoxy) is 1. The Balaban J connectivity index is 3.22. The number of hydrogen-bond acceptors (Lipinski definition) is 4. The number of carbonyl (C=O) groups is 1. The van der Waals surface area contributed by atoms with Gasteiger partial charge in [0, 0.05) is 16.3 Å². The average Bonchev–Trinajstić information content (AvgIpc) is 2.20. The molecule has 0 saturated heterocycles. The normalized spacial score (nSPS) is 10.7. The summed E-state index contributed by atoms with van der Waals surface area (Å²) < 4.78 is 5.26. The third-order valence-electron chi connectivity index (χ3n) is 2.21. The summed E-state index contributed by atoms with van der Waals surface area (Å²) in [5.41, 5.74) is 15.2. The molecule has 1 aromatic rings. The van der Waals surface area contributed by atoms with Crippen LogP contribution >= 0.6 is 0 Å². The summed E-state index contributed by atoms with van der Waals surface area (Å²) in [6, 6.07) is 2.99. The predicted molar refractivity (Wildman–Crippen MR) is 69.6 cm³/mol. The molecule has 6 nitrogen and oxygen atoms in total. The van der Waals surface area contributed by atoms with Gasteiger partial charge in [0.1, 0.15) is 5.60 Å². The van der Waals surface area contributed by atoms with Crippen LogP contribution in [0.5, 0.6) is 0 Å². The van der Waals surface area contributed by atoms with E-state index in [9.17, 15) is 4.79 Å². The molecule has 0 atom stereocenters. The Morgan fingerprint density at radius 2 is 2.06 bits per heavy atom. The van der Waals surface area contributed by atoms with Gasteiger partial charge in [-0.1, -0.05) is 5.11 Å². The van der Waals surface area contributed by atoms with E-state index >= 15 is 0 Å². The molecule has 0 heterocycles. The molecule has 0 aliphatic rings. The Hall–Kier alpha value is -2.20. The summed E-state index contributed by atoms with van der Waals surface area (Å²) in [6.45, 7) is 7.05. The summed E-state index contributed by atoms with van der Waals surface area (Å²) in [4.78, 5) is 14.6. The SMILES string of the molecule is Cc1c(N)cc(N=[N+]=[N-])cc1C(=O)OC(C)(C)C. The number of benzene rings is 1. The lowest BCUT2D eigenvalue weighted by Gasteiger charge is -2.20. The zero-order valence-electron chi connectivity index (χ0n) is 10.9. The van der Waals surface area contributed by atoms with Crippen molar-refractivity contribution in [3.8, 4) is 0 Å². The number of azide groups is 1. The molecule has 0 saturated carbocycles. The first kappa shape index (κ1) is 13.9. The number of nitrogen functional groups attached to an aromatic ring is 1. The van der Waals surface area contributed by atoms with E-state index in [-0.39, 0.29) is 0 Å². The molecular weight excluding hydrogens is 232 g/mol. The number of rotatable bonds is 2. The molecule has 2 N–H and O–H groups in total. The second kappa shape index (κ2) is 4.98. The molecule has 0 aromatic heterocycles. The van der Waals surface area contributed by atoms with Crippen LogP contribution in [0.4, 0.5) is 11.4 Å². The van der Waals surface area contributed by atoms with Crippen LogP contribution in [0.2, 0.25) is 0 Å². The summed E-state index contributed by atoms with van der Waals surface area (Å²) in [7, 11) is 0. The van der Waals surface area contributed by atoms with Gasteiger partial charge in [-0.15, -0.1) is 0 Å². The zero-order chi connectivity index (χ0) is 13.9. The Bertz CT molecular complexity index is 526. The molecule has 0 fully saturated rings. The van der Waals surface area contributed by atoms with E-state index in [1.54, 1.807) is 27.7 Å². The molecule has 6 heteroatoms. The van der Waals surface area contributed by atoms with Crippen LogP contribution in [0.1, 0.15) is 36.7 Å². The first-order chi connectivity index (χ1) is 8.24. The molecule has 1 rings (SSSR count). The highest BCUT2D eigenvalue weighted by Gasteiger charge is 2.20. The highest BCUT2D eigenvalue weighted by Crippen LogP contribution is 2.26. The molecule has 0 bridgehead atoms. The third-order valence-corrected chi connectivity index (χ3v) is 2.21. The van der Waals surface area contributed by atoms with Crippen LogP contribution in [0.25, 0.3) is 10.4 Å². The fraction of sp³-hybridized carbons (Fsp3) is 0.417. The van der Waals surface area contributed by atoms with Gasteiger partial charge in [-0.25, -0.2) is 4.79 Å². The smallest absolute Gasteiger partial charge is 0.339 e. The van der Waals surface area contributed by atoms with E-state index in [0.29, 0.717) is 22.5 Å². The lowest BCUT2D eigenvalue weighted by molar-refractivity contribution is 0.00688. The van der Waals surface area contributed by atoms with Gasteiger partial charge < -0.3 is 10.5 Å². The van der Waals surface area contributed by atoms with Crippen LogP contribution in [-0.4, -0.2) is 11.6 Å². The minimum atomic E-state index is -0.590. The average molecular weight is 248 g/mol. The fourth-order valence-electron chi connectivity index (χ4n) is 1.38. The standard InChI is InChI=1S/C12H16N4O2/c1-7-9(11(17)18-12(2,3)4)5-8(15-16-14)6-10(7)13/h5-6H,13H2,1-4H3. The number of esters is 1. The van der Waals surface area contributed by atoms with Gasteiger partial charge >= 0.3 is 5.97 Å². The van der Waals surface area contributed by atoms with Gasteiger partial charge in [0.25, 0.3) is 0 Å². The summed E-state index contributed by atoms with van der Waals surface area (Å²) in [6.07, 6.45) is 0. The number of hydrogen-bond donors (Lipinski definition) is 1. The Morgan fingerprint density at radius 1 is 1.44 bits per heavy atom. The van der Waals surface area contributed by atoms with Gasteiger partial charge in [0.05, 0.1) is 5.56 Å². The van der Waals surface area contributed by atoms with E-state index in [4.69, 9.17) is 16.0 Å². The van der Waals surface area contributed by atoms with E-state index < -0.39 is 11.6 Å². The topological polar surface area (TPSA) is 101 Å². The Morgan fingerprint density at radius 3 is 2.56 bits per heavy atom. The highest BCUT2D eigenvalue weighted by molar-refractivity contribution is 5.94. The van der Waals surface area contributed by atoms with Crippen LogP contribution in [0.15, 0.2) is 17.2 Å². The summed E-state index contributed by atoms with van der Waals surface area (Å²) >= 11 is 0. The Labute approximate surface area is 105 Å². The van der Waals surface area contributed by atoms with Crippen LogP contribution in [-0.2, 0) is 4.74 Å². The van der Waals surface area contributed by atoms with E-state index in [1.807, 2.05) is 0 Å². The van der Waals surface area contributed by atoms with Crippen LogP contribution < -0.4 is 5.73 Å². The molecule has 96 valence electrons. The molecule has 0 amide bonds. The van der Waals surface area contributed by atoms with Gasteiger partial charge in [-0.05, 0) is 50.9 Å². The van der Waals surface area contributed by atoms with Crippen molar-refractivity contribution >= 4 is 17.3 Å². The highest BCUT2D eigenvalue weighted by atomic mass is 16.6. The van der Waals surface area contributed by atoms with Crippen molar-refractivity contribution in [1.29, 1.82) is 0 Å². The van der Waals surface area contributed by atoms with Crippen LogP contribution in [0, 0.1) is 6.92 Å². The van der Waals surface area contributed by atoms with Gasteiger partial charge in [0.2, 0.25) is 0 Å². The lowest BCUT2D eigenvalue weighted by Crippen LogP contribution is -2.24. The molecule has 0 aliphatic heterocycles. The van der Waals surface area contributed by atoms with Crippen molar-refractivity contribution in [1.82, 2.24) is 0 Å². The zero-order valence-corrected chi connectivity index (χ0v) is 10.9. The minimum Gasteiger partial charge on any atom is -0.456 e. The molecule has 18 heavy (non-hydrogen) atoms. The van der Waals surface area contributed by atoms with Crippen LogP contribution in [0.3, 0.4) is 0 Å². The molecule has 0 spiro atoms. The number of carbonyl (C=O) groups excluding carboxylic acids is 1. The number of anilines is 1.